The smallest absolute Gasteiger partial charge is 0.335 e. The molecule has 4 aromatic rings. The molecule has 4 rings (SSSR count). The van der Waals surface area contributed by atoms with Gasteiger partial charge >= 0.3 is 5.97 Å². The summed E-state index contributed by atoms with van der Waals surface area (Å²) in [6, 6.07) is 12.5. The fraction of sp³-hybridized carbons (Fsp3) is 0.0500. The molecular formula is C20H14O6. The summed E-state index contributed by atoms with van der Waals surface area (Å²) in [6.07, 6.45) is 0. The molecular weight excluding hydrogens is 336 g/mol. The van der Waals surface area contributed by atoms with Crippen molar-refractivity contribution in [1.82, 2.24) is 0 Å². The fourth-order valence-electron chi connectivity index (χ4n) is 3.04. The summed E-state index contributed by atoms with van der Waals surface area (Å²) >= 11 is 0. The van der Waals surface area contributed by atoms with Gasteiger partial charge in [0.25, 0.3) is 0 Å². The zero-order valence-corrected chi connectivity index (χ0v) is 13.7. The lowest BCUT2D eigenvalue weighted by Crippen LogP contribution is -1.96. The number of carboxylic acids is 1. The average molecular weight is 350 g/mol. The molecule has 1 heterocycles. The minimum absolute atomic E-state index is 0.0660. The van der Waals surface area contributed by atoms with Gasteiger partial charge < -0.3 is 24.5 Å². The Hall–Kier alpha value is -3.67. The minimum Gasteiger partial charge on any atom is -0.508 e. The van der Waals surface area contributed by atoms with Crippen LogP contribution in [0, 0.1) is 0 Å². The standard InChI is InChI=1S/C20H14O6/c1-25-18-8-14-15-7-11(20(23)24)6-13(10-2-4-12(21)5-3-10)19(15)26-17(14)9-16(18)22/h2-9,21-22H,1H3,(H,23,24). The van der Waals surface area contributed by atoms with Gasteiger partial charge in [0.2, 0.25) is 0 Å². The van der Waals surface area contributed by atoms with Gasteiger partial charge in [-0.15, -0.1) is 0 Å². The van der Waals surface area contributed by atoms with E-state index in [-0.39, 0.29) is 22.8 Å². The highest BCUT2D eigenvalue weighted by Gasteiger charge is 2.18. The SMILES string of the molecule is COc1cc2c(cc1O)oc1c(-c3ccc(O)cc3)cc(C(=O)O)cc12. The molecule has 1 aromatic heterocycles. The Kier molecular flexibility index (Phi) is 3.47. The second-order valence-corrected chi connectivity index (χ2v) is 5.87. The first-order valence-corrected chi connectivity index (χ1v) is 7.78. The van der Waals surface area contributed by atoms with Gasteiger partial charge in [-0.1, -0.05) is 12.1 Å². The number of furan rings is 1. The lowest BCUT2D eigenvalue weighted by atomic mass is 9.99. The quantitative estimate of drug-likeness (QED) is 0.507. The zero-order chi connectivity index (χ0) is 18.4. The van der Waals surface area contributed by atoms with E-state index in [0.29, 0.717) is 33.1 Å². The summed E-state index contributed by atoms with van der Waals surface area (Å²) in [6.45, 7) is 0. The molecule has 0 saturated carbocycles. The maximum absolute atomic E-state index is 11.6. The molecule has 0 radical (unpaired) electrons. The second kappa shape index (κ2) is 5.70. The number of phenols is 2. The van der Waals surface area contributed by atoms with Crippen molar-refractivity contribution in [3.63, 3.8) is 0 Å². The average Bonchev–Trinajstić information content (AvgIpc) is 2.98. The number of hydrogen-bond donors (Lipinski definition) is 3. The predicted octanol–water partition coefficient (Wildman–Crippen LogP) is 4.37. The van der Waals surface area contributed by atoms with Gasteiger partial charge in [-0.3, -0.25) is 0 Å². The van der Waals surface area contributed by atoms with Gasteiger partial charge in [0, 0.05) is 22.4 Å². The van der Waals surface area contributed by atoms with E-state index in [9.17, 15) is 20.1 Å². The molecule has 6 heteroatoms. The van der Waals surface area contributed by atoms with Gasteiger partial charge in [0.05, 0.1) is 12.7 Å². The van der Waals surface area contributed by atoms with Crippen molar-refractivity contribution in [3.8, 4) is 28.4 Å². The fourth-order valence-corrected chi connectivity index (χ4v) is 3.04. The van der Waals surface area contributed by atoms with Crippen molar-refractivity contribution >= 4 is 27.9 Å². The first-order valence-electron chi connectivity index (χ1n) is 7.78. The topological polar surface area (TPSA) is 100 Å². The van der Waals surface area contributed by atoms with E-state index in [0.717, 1.165) is 0 Å². The molecule has 0 aliphatic carbocycles. The van der Waals surface area contributed by atoms with Crippen molar-refractivity contribution in [2.75, 3.05) is 7.11 Å². The number of ether oxygens (including phenoxy) is 1. The number of fused-ring (bicyclic) bond motifs is 3. The monoisotopic (exact) mass is 350 g/mol. The molecule has 3 N–H and O–H groups in total. The van der Waals surface area contributed by atoms with Crippen LogP contribution in [0.4, 0.5) is 0 Å². The van der Waals surface area contributed by atoms with E-state index in [1.165, 1.54) is 37.4 Å². The van der Waals surface area contributed by atoms with E-state index in [1.807, 2.05) is 0 Å². The number of carboxylic acid groups (broad SMARTS) is 1. The summed E-state index contributed by atoms with van der Waals surface area (Å²) in [5, 5.41) is 30.2. The van der Waals surface area contributed by atoms with Crippen LogP contribution in [0.5, 0.6) is 17.2 Å². The molecule has 0 unspecified atom stereocenters. The third kappa shape index (κ3) is 2.39. The molecule has 0 aliphatic heterocycles. The lowest BCUT2D eigenvalue weighted by molar-refractivity contribution is 0.0697. The first-order chi connectivity index (χ1) is 12.5. The number of hydrogen-bond acceptors (Lipinski definition) is 5. The molecule has 0 bridgehead atoms. The minimum atomic E-state index is -1.06. The van der Waals surface area contributed by atoms with Crippen LogP contribution in [0.1, 0.15) is 10.4 Å². The summed E-state index contributed by atoms with van der Waals surface area (Å²) < 4.78 is 11.1. The molecule has 0 spiro atoms. The Morgan fingerprint density at radius 2 is 1.73 bits per heavy atom. The number of phenolic OH excluding ortho intramolecular Hbond substituents is 2. The summed E-state index contributed by atoms with van der Waals surface area (Å²) in [5.41, 5.74) is 2.29. The van der Waals surface area contributed by atoms with Crippen LogP contribution in [0.3, 0.4) is 0 Å². The largest absolute Gasteiger partial charge is 0.508 e. The number of methoxy groups -OCH3 is 1. The molecule has 6 nitrogen and oxygen atoms in total. The number of carbonyl (C=O) groups is 1. The van der Waals surface area contributed by atoms with Crippen LogP contribution < -0.4 is 4.74 Å². The normalized spacial score (nSPS) is 11.1. The van der Waals surface area contributed by atoms with Crippen LogP contribution >= 0.6 is 0 Å². The van der Waals surface area contributed by atoms with Crippen LogP contribution in [-0.2, 0) is 0 Å². The van der Waals surface area contributed by atoms with Gasteiger partial charge in [0.1, 0.15) is 16.9 Å². The van der Waals surface area contributed by atoms with Crippen molar-refractivity contribution in [1.29, 1.82) is 0 Å². The number of benzene rings is 3. The third-order valence-corrected chi connectivity index (χ3v) is 4.30. The molecule has 0 aliphatic rings. The van der Waals surface area contributed by atoms with Crippen molar-refractivity contribution < 1.29 is 29.3 Å². The molecule has 0 atom stereocenters. The predicted molar refractivity (Wildman–Crippen MR) is 96.0 cm³/mol. The van der Waals surface area contributed by atoms with Gasteiger partial charge in [-0.05, 0) is 35.9 Å². The van der Waals surface area contributed by atoms with Gasteiger partial charge in [-0.25, -0.2) is 4.79 Å². The highest BCUT2D eigenvalue weighted by molar-refractivity contribution is 6.12. The van der Waals surface area contributed by atoms with Crippen LogP contribution in [-0.4, -0.2) is 28.4 Å². The number of aromatic carboxylic acids is 1. The molecule has 130 valence electrons. The van der Waals surface area contributed by atoms with Gasteiger partial charge in [-0.2, -0.15) is 0 Å². The Morgan fingerprint density at radius 3 is 2.38 bits per heavy atom. The van der Waals surface area contributed by atoms with Crippen molar-refractivity contribution in [2.24, 2.45) is 0 Å². The maximum atomic E-state index is 11.6. The highest BCUT2D eigenvalue weighted by atomic mass is 16.5. The summed E-state index contributed by atoms with van der Waals surface area (Å²) in [4.78, 5) is 11.6. The van der Waals surface area contributed by atoms with Crippen molar-refractivity contribution in [2.45, 2.75) is 0 Å². The van der Waals surface area contributed by atoms with E-state index < -0.39 is 5.97 Å². The molecule has 26 heavy (non-hydrogen) atoms. The van der Waals surface area contributed by atoms with E-state index >= 15 is 0 Å². The van der Waals surface area contributed by atoms with E-state index in [4.69, 9.17) is 9.15 Å². The summed E-state index contributed by atoms with van der Waals surface area (Å²) in [7, 11) is 1.44. The maximum Gasteiger partial charge on any atom is 0.335 e. The van der Waals surface area contributed by atoms with Crippen molar-refractivity contribution in [3.05, 3.63) is 54.1 Å². The number of aromatic hydroxyl groups is 2. The van der Waals surface area contributed by atoms with Crippen LogP contribution in [0.2, 0.25) is 0 Å². The lowest BCUT2D eigenvalue weighted by Gasteiger charge is -2.05. The molecule has 0 amide bonds. The molecule has 0 fully saturated rings. The van der Waals surface area contributed by atoms with E-state index in [2.05, 4.69) is 0 Å². The third-order valence-electron chi connectivity index (χ3n) is 4.30. The highest BCUT2D eigenvalue weighted by Crippen LogP contribution is 2.41. The van der Waals surface area contributed by atoms with E-state index in [1.54, 1.807) is 18.2 Å². The first kappa shape index (κ1) is 15.8. The van der Waals surface area contributed by atoms with Crippen LogP contribution in [0.15, 0.2) is 52.9 Å². The Bertz CT molecular complexity index is 1150. The molecule has 3 aromatic carbocycles. The summed E-state index contributed by atoms with van der Waals surface area (Å²) in [5.74, 6) is -0.749. The number of rotatable bonds is 3. The Labute approximate surface area is 147 Å². The molecule has 0 saturated heterocycles. The second-order valence-electron chi connectivity index (χ2n) is 5.87. The van der Waals surface area contributed by atoms with Crippen LogP contribution in [0.25, 0.3) is 33.1 Å². The Morgan fingerprint density at radius 1 is 1.00 bits per heavy atom. The zero-order valence-electron chi connectivity index (χ0n) is 13.7. The Balaban J connectivity index is 2.11. The van der Waals surface area contributed by atoms with Gasteiger partial charge in [0.15, 0.2) is 11.5 Å².